The molecule has 1 aromatic rings. The lowest BCUT2D eigenvalue weighted by molar-refractivity contribution is 0.715. The first-order valence-corrected chi connectivity index (χ1v) is 7.95. The summed E-state index contributed by atoms with van der Waals surface area (Å²) in [5, 5.41) is 2.19. The highest BCUT2D eigenvalue weighted by molar-refractivity contribution is 7.68. The maximum atomic E-state index is 2.36. The second-order valence-corrected chi connectivity index (χ2v) is 11.0. The van der Waals surface area contributed by atoms with Crippen molar-refractivity contribution in [1.29, 1.82) is 0 Å². The van der Waals surface area contributed by atoms with Crippen LogP contribution in [0.4, 0.5) is 5.69 Å². The highest BCUT2D eigenvalue weighted by Gasteiger charge is 2.35. The summed E-state index contributed by atoms with van der Waals surface area (Å²) in [6.45, 7) is 14.2. The first-order chi connectivity index (χ1) is 8.03. The van der Waals surface area contributed by atoms with E-state index >= 15 is 0 Å². The maximum Gasteiger partial charge on any atom is 0.0361 e. The highest BCUT2D eigenvalue weighted by Crippen LogP contribution is 2.58. The van der Waals surface area contributed by atoms with E-state index in [1.54, 1.807) is 0 Å². The Morgan fingerprint density at radius 2 is 1.16 bits per heavy atom. The molecule has 19 heavy (non-hydrogen) atoms. The van der Waals surface area contributed by atoms with Crippen molar-refractivity contribution in [1.82, 2.24) is 0 Å². The van der Waals surface area contributed by atoms with Crippen LogP contribution in [0.1, 0.15) is 41.5 Å². The number of hydrogen-bond acceptors (Lipinski definition) is 1. The molecular weight excluding hydrogens is 273 g/mol. The molecule has 110 valence electrons. The SMILES string of the molecule is CN(C)c1ccc(P(C(C)(C)C)C(C)(C)C)cc1.Cl. The van der Waals surface area contributed by atoms with Crippen LogP contribution in [0, 0.1) is 0 Å². The molecule has 0 fully saturated rings. The lowest BCUT2D eigenvalue weighted by atomic mass is 10.2. The fraction of sp³-hybridized carbons (Fsp3) is 0.625. The summed E-state index contributed by atoms with van der Waals surface area (Å²) < 4.78 is 0. The van der Waals surface area contributed by atoms with Gasteiger partial charge >= 0.3 is 0 Å². The molecule has 0 N–H and O–H groups in total. The highest BCUT2D eigenvalue weighted by atomic mass is 35.5. The maximum absolute atomic E-state index is 2.36. The average Bonchev–Trinajstić information content (AvgIpc) is 2.13. The van der Waals surface area contributed by atoms with Gasteiger partial charge in [-0.15, -0.1) is 12.4 Å². The van der Waals surface area contributed by atoms with E-state index in [-0.39, 0.29) is 20.3 Å². The van der Waals surface area contributed by atoms with Gasteiger partial charge in [-0.2, -0.15) is 0 Å². The molecule has 1 nitrogen and oxygen atoms in total. The van der Waals surface area contributed by atoms with Gasteiger partial charge in [-0.3, -0.25) is 0 Å². The molecule has 0 aromatic heterocycles. The van der Waals surface area contributed by atoms with E-state index in [2.05, 4.69) is 84.8 Å². The molecule has 0 bridgehead atoms. The number of nitrogens with zero attached hydrogens (tertiary/aromatic N) is 1. The standard InChI is InChI=1S/C16H28NP.ClH/c1-15(2,3)18(16(4,5)6)14-11-9-13(10-12-14)17(7)8;/h9-12H,1-8H3;1H. The summed E-state index contributed by atoms with van der Waals surface area (Å²) in [4.78, 5) is 2.15. The monoisotopic (exact) mass is 301 g/mol. The zero-order valence-electron chi connectivity index (χ0n) is 13.6. The molecule has 0 amide bonds. The Kier molecular flexibility index (Phi) is 6.37. The van der Waals surface area contributed by atoms with Crippen molar-refractivity contribution < 1.29 is 0 Å². The van der Waals surface area contributed by atoms with E-state index < -0.39 is 0 Å². The van der Waals surface area contributed by atoms with Crippen LogP contribution in [0.2, 0.25) is 0 Å². The minimum atomic E-state index is -0.188. The van der Waals surface area contributed by atoms with Crippen LogP contribution in [0.15, 0.2) is 24.3 Å². The van der Waals surface area contributed by atoms with Gasteiger partial charge < -0.3 is 4.90 Å². The summed E-state index contributed by atoms with van der Waals surface area (Å²) >= 11 is 0. The molecule has 3 heteroatoms. The predicted octanol–water partition coefficient (Wildman–Crippen LogP) is 4.88. The minimum absolute atomic E-state index is 0. The zero-order valence-corrected chi connectivity index (χ0v) is 15.3. The number of benzene rings is 1. The van der Waals surface area contributed by atoms with Gasteiger partial charge in [-0.1, -0.05) is 61.6 Å². The van der Waals surface area contributed by atoms with Crippen molar-refractivity contribution in [3.8, 4) is 0 Å². The Morgan fingerprint density at radius 3 is 1.42 bits per heavy atom. The molecule has 0 saturated heterocycles. The molecule has 1 rings (SSSR count). The van der Waals surface area contributed by atoms with Crippen LogP contribution in [-0.2, 0) is 0 Å². The fourth-order valence-electron chi connectivity index (χ4n) is 2.68. The third kappa shape index (κ3) is 4.97. The second-order valence-electron chi connectivity index (χ2n) is 7.09. The van der Waals surface area contributed by atoms with E-state index in [0.717, 1.165) is 0 Å². The smallest absolute Gasteiger partial charge is 0.0361 e. The first kappa shape index (κ1) is 18.7. The third-order valence-corrected chi connectivity index (χ3v) is 6.46. The molecule has 0 aliphatic carbocycles. The van der Waals surface area contributed by atoms with Crippen molar-refractivity contribution >= 4 is 31.3 Å². The Morgan fingerprint density at radius 1 is 0.789 bits per heavy atom. The van der Waals surface area contributed by atoms with E-state index in [4.69, 9.17) is 0 Å². The van der Waals surface area contributed by atoms with Gasteiger partial charge in [-0.05, 0) is 27.7 Å². The predicted molar refractivity (Wildman–Crippen MR) is 94.1 cm³/mol. The van der Waals surface area contributed by atoms with E-state index in [9.17, 15) is 0 Å². The summed E-state index contributed by atoms with van der Waals surface area (Å²) in [6, 6.07) is 9.11. The van der Waals surface area contributed by atoms with Crippen LogP contribution >= 0.6 is 20.3 Å². The second kappa shape index (κ2) is 6.46. The molecule has 0 heterocycles. The van der Waals surface area contributed by atoms with E-state index in [0.29, 0.717) is 10.3 Å². The largest absolute Gasteiger partial charge is 0.378 e. The Labute approximate surface area is 126 Å². The number of anilines is 1. The topological polar surface area (TPSA) is 3.24 Å². The average molecular weight is 302 g/mol. The molecule has 0 unspecified atom stereocenters. The first-order valence-electron chi connectivity index (χ1n) is 6.61. The van der Waals surface area contributed by atoms with Gasteiger partial charge in [0.1, 0.15) is 0 Å². The van der Waals surface area contributed by atoms with Gasteiger partial charge in [0.05, 0.1) is 0 Å². The third-order valence-electron chi connectivity index (χ3n) is 2.97. The Bertz CT molecular complexity index is 371. The van der Waals surface area contributed by atoms with Gasteiger partial charge in [0.15, 0.2) is 0 Å². The van der Waals surface area contributed by atoms with Gasteiger partial charge in [0.25, 0.3) is 0 Å². The number of hydrogen-bond donors (Lipinski definition) is 0. The number of rotatable bonds is 2. The van der Waals surface area contributed by atoms with Crippen molar-refractivity contribution in [2.75, 3.05) is 19.0 Å². The molecule has 0 spiro atoms. The molecule has 0 radical (unpaired) electrons. The Hall–Kier alpha value is -0.260. The van der Waals surface area contributed by atoms with E-state index in [1.165, 1.54) is 11.0 Å². The molecule has 1 aromatic carbocycles. The fourth-order valence-corrected chi connectivity index (χ4v) is 6.69. The van der Waals surface area contributed by atoms with Crippen molar-refractivity contribution in [2.45, 2.75) is 51.9 Å². The van der Waals surface area contributed by atoms with Crippen molar-refractivity contribution in [3.63, 3.8) is 0 Å². The van der Waals surface area contributed by atoms with Crippen LogP contribution < -0.4 is 10.2 Å². The summed E-state index contributed by atoms with van der Waals surface area (Å²) in [5.74, 6) is 0. The Balaban J connectivity index is 0.00000324. The lowest BCUT2D eigenvalue weighted by Gasteiger charge is -2.41. The van der Waals surface area contributed by atoms with Crippen LogP contribution in [0.5, 0.6) is 0 Å². The minimum Gasteiger partial charge on any atom is -0.378 e. The number of halogens is 1. The van der Waals surface area contributed by atoms with Crippen LogP contribution in [0.3, 0.4) is 0 Å². The zero-order chi connectivity index (χ0) is 14.1. The normalized spacial score (nSPS) is 12.3. The van der Waals surface area contributed by atoms with E-state index in [1.807, 2.05) is 0 Å². The van der Waals surface area contributed by atoms with Crippen LogP contribution in [0.25, 0.3) is 0 Å². The molecule has 0 aliphatic heterocycles. The van der Waals surface area contributed by atoms with Crippen LogP contribution in [-0.4, -0.2) is 24.4 Å². The molecule has 0 aliphatic rings. The van der Waals surface area contributed by atoms with Gasteiger partial charge in [0.2, 0.25) is 0 Å². The van der Waals surface area contributed by atoms with Gasteiger partial charge in [0, 0.05) is 19.8 Å². The molecule has 0 saturated carbocycles. The molecular formula is C16H29ClNP. The summed E-state index contributed by atoms with van der Waals surface area (Å²) in [6.07, 6.45) is 0. The van der Waals surface area contributed by atoms with Crippen molar-refractivity contribution in [2.24, 2.45) is 0 Å². The summed E-state index contributed by atoms with van der Waals surface area (Å²) in [7, 11) is 3.99. The van der Waals surface area contributed by atoms with Crippen molar-refractivity contribution in [3.05, 3.63) is 24.3 Å². The lowest BCUT2D eigenvalue weighted by Crippen LogP contribution is -2.31. The van der Waals surface area contributed by atoms with Gasteiger partial charge in [-0.25, -0.2) is 0 Å². The molecule has 0 atom stereocenters. The summed E-state index contributed by atoms with van der Waals surface area (Å²) in [5.41, 5.74) is 1.27. The quantitative estimate of drug-likeness (QED) is 0.704.